The summed E-state index contributed by atoms with van der Waals surface area (Å²) in [7, 11) is -1.75. The van der Waals surface area contributed by atoms with Gasteiger partial charge >= 0.3 is 6.18 Å². The number of para-hydroxylation sites is 1. The molecule has 1 saturated heterocycles. The minimum Gasteiger partial charge on any atom is -0.506 e. The third kappa shape index (κ3) is 5.45. The van der Waals surface area contributed by atoms with Gasteiger partial charge in [-0.05, 0) is 42.5 Å². The largest absolute Gasteiger partial charge is 0.506 e. The molecule has 0 bridgehead atoms. The molecule has 0 saturated carbocycles. The number of aromatic nitrogens is 2. The van der Waals surface area contributed by atoms with Crippen LogP contribution in [0.3, 0.4) is 0 Å². The van der Waals surface area contributed by atoms with Crippen LogP contribution in [0.1, 0.15) is 26.4 Å². The van der Waals surface area contributed by atoms with Crippen molar-refractivity contribution in [2.75, 3.05) is 30.9 Å². The number of fused-ring (bicyclic) bond motifs is 1. The standard InChI is InChI=1S/C27H22F3N5O4S/c28-27(29,30)24-19(6-3-11-32-24)26(38)35-14-12-34(13-15-35)25(37)18-8-9-20(21(36)16-18)33-40(39)22-7-1-4-17-5-2-10-31-23(17)22/h1-11,16,33,36H,12-15H2. The van der Waals surface area contributed by atoms with Crippen LogP contribution in [0.25, 0.3) is 10.9 Å². The van der Waals surface area contributed by atoms with Gasteiger partial charge in [-0.2, -0.15) is 13.2 Å². The number of halogens is 3. The third-order valence-electron chi connectivity index (χ3n) is 6.40. The summed E-state index contributed by atoms with van der Waals surface area (Å²) < 4.78 is 55.6. The molecule has 40 heavy (non-hydrogen) atoms. The molecule has 0 spiro atoms. The van der Waals surface area contributed by atoms with E-state index in [0.29, 0.717) is 10.4 Å². The number of benzene rings is 2. The van der Waals surface area contributed by atoms with Crippen molar-refractivity contribution >= 4 is 39.4 Å². The predicted molar refractivity (Wildman–Crippen MR) is 141 cm³/mol. The lowest BCUT2D eigenvalue weighted by molar-refractivity contribution is -0.141. The van der Waals surface area contributed by atoms with Gasteiger partial charge in [0.05, 0.1) is 21.7 Å². The highest BCUT2D eigenvalue weighted by Gasteiger charge is 2.38. The molecular weight excluding hydrogens is 547 g/mol. The average Bonchev–Trinajstić information content (AvgIpc) is 2.96. The smallest absolute Gasteiger partial charge is 0.434 e. The molecule has 1 unspecified atom stereocenters. The van der Waals surface area contributed by atoms with Crippen LogP contribution < -0.4 is 4.72 Å². The van der Waals surface area contributed by atoms with Crippen LogP contribution in [-0.2, 0) is 17.2 Å². The number of nitrogens with one attached hydrogen (secondary N) is 1. The number of piperazine rings is 1. The highest BCUT2D eigenvalue weighted by molar-refractivity contribution is 7.86. The van der Waals surface area contributed by atoms with Crippen LogP contribution in [0.4, 0.5) is 18.9 Å². The number of aromatic hydroxyl groups is 1. The van der Waals surface area contributed by atoms with Crippen molar-refractivity contribution in [3.63, 3.8) is 0 Å². The molecule has 1 aliphatic rings. The summed E-state index contributed by atoms with van der Waals surface area (Å²) in [6.45, 7) is 0.233. The second-order valence-electron chi connectivity index (χ2n) is 8.92. The zero-order valence-electron chi connectivity index (χ0n) is 20.8. The fourth-order valence-electron chi connectivity index (χ4n) is 4.40. The van der Waals surface area contributed by atoms with E-state index < -0.39 is 40.2 Å². The predicted octanol–water partition coefficient (Wildman–Crippen LogP) is 4.09. The molecule has 2 aromatic heterocycles. The number of phenols is 1. The fraction of sp³-hybridized carbons (Fsp3) is 0.185. The van der Waals surface area contributed by atoms with Gasteiger partial charge < -0.3 is 14.9 Å². The molecular formula is C27H22F3N5O4S. The average molecular weight is 570 g/mol. The zero-order chi connectivity index (χ0) is 28.4. The summed E-state index contributed by atoms with van der Waals surface area (Å²) >= 11 is 0. The number of hydrogen-bond acceptors (Lipinski definition) is 6. The van der Waals surface area contributed by atoms with Crippen LogP contribution in [0.5, 0.6) is 5.75 Å². The normalized spacial score (nSPS) is 14.7. The van der Waals surface area contributed by atoms with Crippen molar-refractivity contribution in [1.29, 1.82) is 0 Å². The molecule has 206 valence electrons. The Bertz CT molecular complexity index is 1620. The Morgan fingerprint density at radius 1 is 0.875 bits per heavy atom. The summed E-state index contributed by atoms with van der Waals surface area (Å²) in [6, 6.07) is 15.4. The molecule has 2 N–H and O–H groups in total. The molecule has 4 aromatic rings. The van der Waals surface area contributed by atoms with E-state index in [2.05, 4.69) is 14.7 Å². The quantitative estimate of drug-likeness (QED) is 0.350. The number of phenolic OH excluding ortho intramolecular Hbond substituents is 1. The number of amides is 2. The zero-order valence-corrected chi connectivity index (χ0v) is 21.6. The Labute approximate surface area is 228 Å². The van der Waals surface area contributed by atoms with E-state index in [1.54, 1.807) is 24.4 Å². The lowest BCUT2D eigenvalue weighted by atomic mass is 10.1. The first-order valence-corrected chi connectivity index (χ1v) is 13.2. The monoisotopic (exact) mass is 569 g/mol. The van der Waals surface area contributed by atoms with E-state index >= 15 is 0 Å². The van der Waals surface area contributed by atoms with E-state index in [-0.39, 0.29) is 43.2 Å². The number of carbonyl (C=O) groups is 2. The van der Waals surface area contributed by atoms with E-state index in [0.717, 1.165) is 17.6 Å². The van der Waals surface area contributed by atoms with Gasteiger partial charge in [-0.25, -0.2) is 4.21 Å². The summed E-state index contributed by atoms with van der Waals surface area (Å²) in [5.41, 5.74) is -0.931. The van der Waals surface area contributed by atoms with E-state index in [1.807, 2.05) is 12.1 Å². The lowest BCUT2D eigenvalue weighted by Gasteiger charge is -2.35. The molecule has 9 nitrogen and oxygen atoms in total. The second kappa shape index (κ2) is 10.9. The van der Waals surface area contributed by atoms with Gasteiger partial charge in [0.1, 0.15) is 5.75 Å². The Balaban J connectivity index is 1.24. The van der Waals surface area contributed by atoms with Crippen LogP contribution >= 0.6 is 0 Å². The number of anilines is 1. The molecule has 0 radical (unpaired) electrons. The summed E-state index contributed by atoms with van der Waals surface area (Å²) in [5, 5.41) is 11.4. The van der Waals surface area contributed by atoms with Gasteiger partial charge in [-0.1, -0.05) is 18.2 Å². The van der Waals surface area contributed by atoms with Crippen LogP contribution in [0.2, 0.25) is 0 Å². The number of hydrogen-bond donors (Lipinski definition) is 2. The Hall–Kier alpha value is -4.52. The van der Waals surface area contributed by atoms with Crippen molar-refractivity contribution in [2.24, 2.45) is 0 Å². The number of rotatable bonds is 5. The van der Waals surface area contributed by atoms with Crippen molar-refractivity contribution in [2.45, 2.75) is 11.1 Å². The summed E-state index contributed by atoms with van der Waals surface area (Å²) in [6.07, 6.45) is -2.20. The van der Waals surface area contributed by atoms with E-state index in [4.69, 9.17) is 0 Å². The molecule has 1 fully saturated rings. The maximum Gasteiger partial charge on any atom is 0.434 e. The number of pyridine rings is 2. The number of alkyl halides is 3. The van der Waals surface area contributed by atoms with Crippen molar-refractivity contribution in [1.82, 2.24) is 19.8 Å². The molecule has 1 aliphatic heterocycles. The fourth-order valence-corrected chi connectivity index (χ4v) is 5.43. The van der Waals surface area contributed by atoms with Crippen molar-refractivity contribution < 1.29 is 32.1 Å². The number of nitrogens with zero attached hydrogens (tertiary/aromatic N) is 4. The first-order chi connectivity index (χ1) is 19.1. The third-order valence-corrected chi connectivity index (χ3v) is 7.54. The van der Waals surface area contributed by atoms with Gasteiger partial charge in [0.25, 0.3) is 11.8 Å². The topological polar surface area (TPSA) is 116 Å². The SMILES string of the molecule is O=C(c1ccc(NS(=O)c2cccc3cccnc23)c(O)c1)N1CCN(C(=O)c2cccnc2C(F)(F)F)CC1. The highest BCUT2D eigenvalue weighted by Crippen LogP contribution is 2.31. The lowest BCUT2D eigenvalue weighted by Crippen LogP contribution is -2.50. The van der Waals surface area contributed by atoms with E-state index in [1.165, 1.54) is 34.1 Å². The number of carbonyl (C=O) groups excluding carboxylic acids is 2. The molecule has 13 heteroatoms. The van der Waals surface area contributed by atoms with Gasteiger partial charge in [-0.3, -0.25) is 24.3 Å². The maximum absolute atomic E-state index is 13.3. The maximum atomic E-state index is 13.3. The molecule has 0 aliphatic carbocycles. The van der Waals surface area contributed by atoms with Gasteiger partial charge in [0.15, 0.2) is 16.7 Å². The minimum atomic E-state index is -4.77. The van der Waals surface area contributed by atoms with Crippen LogP contribution in [-0.4, -0.2) is 67.1 Å². The molecule has 2 amide bonds. The Kier molecular flexibility index (Phi) is 7.39. The summed E-state index contributed by atoms with van der Waals surface area (Å²) in [4.78, 5) is 36.5. The van der Waals surface area contributed by atoms with Gasteiger partial charge in [0.2, 0.25) is 0 Å². The Morgan fingerprint density at radius 2 is 1.52 bits per heavy atom. The molecule has 2 aromatic carbocycles. The Morgan fingerprint density at radius 3 is 2.23 bits per heavy atom. The van der Waals surface area contributed by atoms with Crippen molar-refractivity contribution in [3.05, 3.63) is 89.9 Å². The van der Waals surface area contributed by atoms with Crippen LogP contribution in [0.15, 0.2) is 78.0 Å². The van der Waals surface area contributed by atoms with Crippen molar-refractivity contribution in [3.8, 4) is 5.75 Å². The van der Waals surface area contributed by atoms with E-state index in [9.17, 15) is 32.1 Å². The summed E-state index contributed by atoms with van der Waals surface area (Å²) in [5.74, 6) is -1.53. The van der Waals surface area contributed by atoms with Gasteiger partial charge in [0, 0.05) is 49.5 Å². The first kappa shape index (κ1) is 27.1. The first-order valence-electron chi connectivity index (χ1n) is 12.1. The second-order valence-corrected chi connectivity index (χ2v) is 10.1. The minimum absolute atomic E-state index is 0.0282. The van der Waals surface area contributed by atoms with Gasteiger partial charge in [-0.15, -0.1) is 0 Å². The molecule has 1 atom stereocenters. The highest BCUT2D eigenvalue weighted by atomic mass is 32.2. The molecule has 3 heterocycles. The molecule has 5 rings (SSSR count). The van der Waals surface area contributed by atoms with Crippen LogP contribution in [0, 0.1) is 0 Å².